The quantitative estimate of drug-likeness (QED) is 0.862. The molecule has 0 saturated carbocycles. The van der Waals surface area contributed by atoms with Gasteiger partial charge in [0, 0.05) is 5.82 Å². The molecule has 0 fully saturated rings. The van der Waals surface area contributed by atoms with Gasteiger partial charge in [0.1, 0.15) is 0 Å². The lowest BCUT2D eigenvalue weighted by Crippen LogP contribution is -2.16. The number of carbonyl (C=O) groups is 1. The van der Waals surface area contributed by atoms with Gasteiger partial charge in [0.2, 0.25) is 0 Å². The first-order valence-corrected chi connectivity index (χ1v) is 5.96. The lowest BCUT2D eigenvalue weighted by atomic mass is 9.64. The number of nitriles is 1. The van der Waals surface area contributed by atoms with Crippen molar-refractivity contribution in [3.8, 4) is 5.97 Å². The van der Waals surface area contributed by atoms with E-state index in [-0.39, 0.29) is 6.42 Å². The van der Waals surface area contributed by atoms with Crippen molar-refractivity contribution in [3.05, 3.63) is 35.4 Å². The summed E-state index contributed by atoms with van der Waals surface area (Å²) in [6.45, 7) is 4.00. The molecule has 0 heterocycles. The molecular formula is C13H14BF3NO2. The van der Waals surface area contributed by atoms with Crippen molar-refractivity contribution < 1.29 is 23.1 Å². The van der Waals surface area contributed by atoms with Gasteiger partial charge in [-0.05, 0) is 30.1 Å². The van der Waals surface area contributed by atoms with E-state index in [9.17, 15) is 18.0 Å². The maximum Gasteiger partial charge on any atom is 0.416 e. The third-order valence-corrected chi connectivity index (χ3v) is 2.33. The molecular weight excluding hydrogens is 270 g/mol. The van der Waals surface area contributed by atoms with E-state index < -0.39 is 23.5 Å². The minimum Gasteiger partial charge on any atom is -0.482 e. The lowest BCUT2D eigenvalue weighted by molar-refractivity contribution is -0.138. The van der Waals surface area contributed by atoms with Crippen LogP contribution in [0.25, 0.3) is 0 Å². The Morgan fingerprint density at radius 1 is 1.35 bits per heavy atom. The first-order valence-electron chi connectivity index (χ1n) is 5.96. The van der Waals surface area contributed by atoms with Crippen LogP contribution in [0.15, 0.2) is 24.3 Å². The molecule has 0 bridgehead atoms. The maximum atomic E-state index is 12.3. The zero-order valence-corrected chi connectivity index (χ0v) is 11.1. The Balaban J connectivity index is 0.00000172. The van der Waals surface area contributed by atoms with Crippen molar-refractivity contribution in [1.82, 2.24) is 0 Å². The van der Waals surface area contributed by atoms with Crippen LogP contribution in [0.3, 0.4) is 0 Å². The van der Waals surface area contributed by atoms with Crippen molar-refractivity contribution >= 4 is 13.2 Å². The predicted octanol–water partition coefficient (Wildman–Crippen LogP) is 3.33. The Kier molecular flexibility index (Phi) is 7.44. The fourth-order valence-corrected chi connectivity index (χ4v) is 1.39. The number of hydrogen-bond donors (Lipinski definition) is 1. The molecule has 1 unspecified atom stereocenters. The summed E-state index contributed by atoms with van der Waals surface area (Å²) in [5.41, 5.74) is -0.357. The van der Waals surface area contributed by atoms with Gasteiger partial charge in [-0.3, -0.25) is 4.79 Å². The summed E-state index contributed by atoms with van der Waals surface area (Å²) in [6.07, 6.45) is -4.43. The SMILES string of the molecule is CC.N#C[B]C(Cc1ccc(C(F)(F)F)cc1)C(=O)O. The number of carboxylic acids is 1. The van der Waals surface area contributed by atoms with Crippen LogP contribution in [0.1, 0.15) is 25.0 Å². The van der Waals surface area contributed by atoms with Crippen LogP contribution in [0.5, 0.6) is 0 Å². The average Bonchev–Trinajstić information content (AvgIpc) is 2.40. The molecule has 0 aliphatic rings. The van der Waals surface area contributed by atoms with E-state index in [1.54, 1.807) is 5.97 Å². The van der Waals surface area contributed by atoms with E-state index in [0.717, 1.165) is 19.4 Å². The average molecular weight is 284 g/mol. The van der Waals surface area contributed by atoms with Gasteiger partial charge in [-0.2, -0.15) is 13.2 Å². The Labute approximate surface area is 116 Å². The molecule has 0 aliphatic carbocycles. The molecule has 0 aliphatic heterocycles. The molecule has 3 nitrogen and oxygen atoms in total. The molecule has 7 heteroatoms. The molecule has 1 N–H and O–H groups in total. The lowest BCUT2D eigenvalue weighted by Gasteiger charge is -2.10. The molecule has 1 radical (unpaired) electrons. The van der Waals surface area contributed by atoms with E-state index >= 15 is 0 Å². The smallest absolute Gasteiger partial charge is 0.416 e. The monoisotopic (exact) mass is 284 g/mol. The fraction of sp³-hybridized carbons (Fsp3) is 0.385. The predicted molar refractivity (Wildman–Crippen MR) is 69.2 cm³/mol. The Bertz CT molecular complexity index is 466. The van der Waals surface area contributed by atoms with E-state index in [4.69, 9.17) is 10.4 Å². The molecule has 1 atom stereocenters. The number of benzene rings is 1. The van der Waals surface area contributed by atoms with Gasteiger partial charge < -0.3 is 5.11 Å². The molecule has 1 rings (SSSR count). The summed E-state index contributed by atoms with van der Waals surface area (Å²) in [5.74, 6) is -0.586. The van der Waals surface area contributed by atoms with Gasteiger partial charge in [0.05, 0.1) is 5.56 Å². The summed E-state index contributed by atoms with van der Waals surface area (Å²) in [6, 6.07) is 4.20. The summed E-state index contributed by atoms with van der Waals surface area (Å²) < 4.78 is 36.9. The number of alkyl halides is 3. The third-order valence-electron chi connectivity index (χ3n) is 2.33. The van der Waals surface area contributed by atoms with Crippen molar-refractivity contribution in [3.63, 3.8) is 0 Å². The van der Waals surface area contributed by atoms with E-state index in [0.29, 0.717) is 5.56 Å². The first-order chi connectivity index (χ1) is 9.34. The number of halogens is 3. The van der Waals surface area contributed by atoms with Gasteiger partial charge in [-0.15, -0.1) is 0 Å². The van der Waals surface area contributed by atoms with Crippen molar-refractivity contribution in [1.29, 1.82) is 5.26 Å². The Hall–Kier alpha value is -1.97. The van der Waals surface area contributed by atoms with Gasteiger partial charge in [0.15, 0.2) is 0 Å². The third kappa shape index (κ3) is 5.78. The number of nitrogens with zero attached hydrogens (tertiary/aromatic N) is 1. The first kappa shape index (κ1) is 18.0. The van der Waals surface area contributed by atoms with Crippen LogP contribution < -0.4 is 0 Å². The Morgan fingerprint density at radius 3 is 2.20 bits per heavy atom. The fourth-order valence-electron chi connectivity index (χ4n) is 1.39. The molecule has 0 saturated heterocycles. The molecule has 107 valence electrons. The minimum absolute atomic E-state index is 0.0129. The van der Waals surface area contributed by atoms with E-state index in [1.807, 2.05) is 13.8 Å². The number of hydrogen-bond acceptors (Lipinski definition) is 2. The summed E-state index contributed by atoms with van der Waals surface area (Å²) in [7, 11) is 0.944. The standard InChI is InChI=1S/C11H8BF3NO2.C2H6/c13-11(14,15)8-3-1-7(2-4-8)5-9(10(17)18)12-6-16;1-2/h1-4,9H,5H2,(H,17,18);1-2H3. The van der Waals surface area contributed by atoms with Crippen LogP contribution in [-0.2, 0) is 17.4 Å². The van der Waals surface area contributed by atoms with Gasteiger partial charge in [-0.25, -0.2) is 5.26 Å². The van der Waals surface area contributed by atoms with Crippen molar-refractivity contribution in [2.45, 2.75) is 32.3 Å². The van der Waals surface area contributed by atoms with Crippen LogP contribution in [0, 0.1) is 11.2 Å². The highest BCUT2D eigenvalue weighted by Gasteiger charge is 2.30. The van der Waals surface area contributed by atoms with Gasteiger partial charge >= 0.3 is 6.18 Å². The van der Waals surface area contributed by atoms with Crippen molar-refractivity contribution in [2.24, 2.45) is 0 Å². The van der Waals surface area contributed by atoms with Crippen LogP contribution in [0.2, 0.25) is 5.82 Å². The highest BCUT2D eigenvalue weighted by atomic mass is 19.4. The number of aliphatic carboxylic acids is 1. The Morgan fingerprint density at radius 2 is 1.85 bits per heavy atom. The van der Waals surface area contributed by atoms with E-state index in [1.165, 1.54) is 12.1 Å². The zero-order chi connectivity index (χ0) is 15.8. The highest BCUT2D eigenvalue weighted by Crippen LogP contribution is 2.29. The second-order valence-electron chi connectivity index (χ2n) is 3.64. The highest BCUT2D eigenvalue weighted by molar-refractivity contribution is 6.51. The topological polar surface area (TPSA) is 61.1 Å². The van der Waals surface area contributed by atoms with Crippen LogP contribution in [-0.4, -0.2) is 18.4 Å². The molecule has 1 aromatic rings. The summed E-state index contributed by atoms with van der Waals surface area (Å²) in [5, 5.41) is 17.2. The molecule has 20 heavy (non-hydrogen) atoms. The van der Waals surface area contributed by atoms with E-state index in [2.05, 4.69) is 0 Å². The molecule has 0 amide bonds. The normalized spacial score (nSPS) is 11.6. The second-order valence-corrected chi connectivity index (χ2v) is 3.64. The minimum atomic E-state index is -4.41. The zero-order valence-electron chi connectivity index (χ0n) is 11.1. The number of rotatable bonds is 4. The molecule has 1 aromatic carbocycles. The maximum absolute atomic E-state index is 12.3. The van der Waals surface area contributed by atoms with Crippen LogP contribution >= 0.6 is 0 Å². The van der Waals surface area contributed by atoms with Gasteiger partial charge in [0.25, 0.3) is 13.2 Å². The summed E-state index contributed by atoms with van der Waals surface area (Å²) >= 11 is 0. The van der Waals surface area contributed by atoms with Crippen LogP contribution in [0.4, 0.5) is 13.2 Å². The van der Waals surface area contributed by atoms with Crippen molar-refractivity contribution in [2.75, 3.05) is 0 Å². The molecule has 0 spiro atoms. The second kappa shape index (κ2) is 8.25. The largest absolute Gasteiger partial charge is 0.482 e. The number of carboxylic acid groups (broad SMARTS) is 1. The summed E-state index contributed by atoms with van der Waals surface area (Å²) in [4.78, 5) is 10.8. The molecule has 0 aromatic heterocycles. The van der Waals surface area contributed by atoms with Gasteiger partial charge in [-0.1, -0.05) is 26.0 Å².